The molecular formula is C24H17N3OS. The number of nitrogens with zero attached hydrogens (tertiary/aromatic N) is 2. The van der Waals surface area contributed by atoms with Crippen LogP contribution in [0.4, 0.5) is 0 Å². The molecule has 0 unspecified atom stereocenters. The van der Waals surface area contributed by atoms with Gasteiger partial charge in [0.25, 0.3) is 5.56 Å². The van der Waals surface area contributed by atoms with Gasteiger partial charge in [-0.3, -0.25) is 9.78 Å². The van der Waals surface area contributed by atoms with Crippen molar-refractivity contribution >= 4 is 11.8 Å². The number of aromatic nitrogens is 2. The molecule has 2 aromatic carbocycles. The SMILES string of the molecule is CSc1ccc(-c2c(-c3ccccn3)c[nH]c(=O)c2-c2ccccc2C#N)cc1. The summed E-state index contributed by atoms with van der Waals surface area (Å²) in [5, 5.41) is 9.61. The van der Waals surface area contributed by atoms with E-state index in [4.69, 9.17) is 0 Å². The Hall–Kier alpha value is -3.62. The van der Waals surface area contributed by atoms with Crippen molar-refractivity contribution in [2.24, 2.45) is 0 Å². The first kappa shape index (κ1) is 18.7. The van der Waals surface area contributed by atoms with Crippen LogP contribution < -0.4 is 5.56 Å². The summed E-state index contributed by atoms with van der Waals surface area (Å²) in [4.78, 5) is 21.5. The molecule has 1 N–H and O–H groups in total. The Morgan fingerprint density at radius 2 is 1.69 bits per heavy atom. The van der Waals surface area contributed by atoms with Crippen LogP contribution in [0.3, 0.4) is 0 Å². The molecule has 0 atom stereocenters. The Kier molecular flexibility index (Phi) is 5.28. The second-order valence-electron chi connectivity index (χ2n) is 6.38. The molecule has 4 aromatic rings. The van der Waals surface area contributed by atoms with Gasteiger partial charge in [0.2, 0.25) is 0 Å². The fraction of sp³-hybridized carbons (Fsp3) is 0.0417. The van der Waals surface area contributed by atoms with E-state index in [0.717, 1.165) is 27.3 Å². The predicted molar refractivity (Wildman–Crippen MR) is 118 cm³/mol. The van der Waals surface area contributed by atoms with E-state index in [0.29, 0.717) is 16.7 Å². The maximum Gasteiger partial charge on any atom is 0.256 e. The van der Waals surface area contributed by atoms with Crippen LogP contribution >= 0.6 is 11.8 Å². The number of H-pyrrole nitrogens is 1. The third kappa shape index (κ3) is 3.58. The number of nitriles is 1. The van der Waals surface area contributed by atoms with Crippen molar-refractivity contribution in [2.75, 3.05) is 6.26 Å². The van der Waals surface area contributed by atoms with Gasteiger partial charge in [0.15, 0.2) is 0 Å². The first-order chi connectivity index (χ1) is 14.2. The van der Waals surface area contributed by atoms with Gasteiger partial charge >= 0.3 is 0 Å². The summed E-state index contributed by atoms with van der Waals surface area (Å²) in [7, 11) is 0. The van der Waals surface area contributed by atoms with E-state index in [-0.39, 0.29) is 5.56 Å². The van der Waals surface area contributed by atoms with Crippen LogP contribution in [0.5, 0.6) is 0 Å². The first-order valence-corrected chi connectivity index (χ1v) is 10.3. The Labute approximate surface area is 172 Å². The molecule has 140 valence electrons. The van der Waals surface area contributed by atoms with E-state index in [1.807, 2.05) is 60.9 Å². The number of thioether (sulfide) groups is 1. The molecule has 2 heterocycles. The first-order valence-electron chi connectivity index (χ1n) is 9.04. The van der Waals surface area contributed by atoms with Crippen LogP contribution in [0.2, 0.25) is 0 Å². The molecule has 29 heavy (non-hydrogen) atoms. The number of hydrogen-bond donors (Lipinski definition) is 1. The van der Waals surface area contributed by atoms with Gasteiger partial charge in [-0.2, -0.15) is 5.26 Å². The lowest BCUT2D eigenvalue weighted by molar-refractivity contribution is 1.22. The highest BCUT2D eigenvalue weighted by atomic mass is 32.2. The van der Waals surface area contributed by atoms with Gasteiger partial charge in [0, 0.05) is 34.0 Å². The van der Waals surface area contributed by atoms with Crippen molar-refractivity contribution in [1.82, 2.24) is 9.97 Å². The minimum atomic E-state index is -0.240. The molecule has 4 rings (SSSR count). The molecule has 4 nitrogen and oxygen atoms in total. The largest absolute Gasteiger partial charge is 0.328 e. The van der Waals surface area contributed by atoms with Crippen molar-refractivity contribution in [3.8, 4) is 39.6 Å². The van der Waals surface area contributed by atoms with Gasteiger partial charge in [-0.25, -0.2) is 0 Å². The minimum Gasteiger partial charge on any atom is -0.328 e. The van der Waals surface area contributed by atoms with Crippen LogP contribution in [0, 0.1) is 11.3 Å². The molecule has 0 bridgehead atoms. The summed E-state index contributed by atoms with van der Waals surface area (Å²) >= 11 is 1.66. The Balaban J connectivity index is 2.10. The van der Waals surface area contributed by atoms with Gasteiger partial charge in [-0.15, -0.1) is 11.8 Å². The normalized spacial score (nSPS) is 10.5. The highest BCUT2D eigenvalue weighted by Crippen LogP contribution is 2.38. The molecule has 0 saturated heterocycles. The van der Waals surface area contributed by atoms with Gasteiger partial charge in [0.1, 0.15) is 0 Å². The third-order valence-electron chi connectivity index (χ3n) is 4.73. The topological polar surface area (TPSA) is 69.5 Å². The number of benzene rings is 2. The summed E-state index contributed by atoms with van der Waals surface area (Å²) in [6, 6.07) is 23.1. The molecule has 0 fully saturated rings. The Morgan fingerprint density at radius 1 is 0.931 bits per heavy atom. The van der Waals surface area contributed by atoms with E-state index < -0.39 is 0 Å². The zero-order valence-corrected chi connectivity index (χ0v) is 16.5. The molecule has 5 heteroatoms. The average molecular weight is 395 g/mol. The molecule has 0 spiro atoms. The summed E-state index contributed by atoms with van der Waals surface area (Å²) < 4.78 is 0. The second-order valence-corrected chi connectivity index (χ2v) is 7.26. The van der Waals surface area contributed by atoms with E-state index in [2.05, 4.69) is 16.0 Å². The lowest BCUT2D eigenvalue weighted by atomic mass is 9.89. The predicted octanol–water partition coefficient (Wildman–Crippen LogP) is 5.36. The Bertz CT molecular complexity index is 1260. The van der Waals surface area contributed by atoms with Crippen molar-refractivity contribution in [2.45, 2.75) is 4.90 Å². The summed E-state index contributed by atoms with van der Waals surface area (Å²) in [6.07, 6.45) is 5.45. The molecular weight excluding hydrogens is 378 g/mol. The molecule has 0 saturated carbocycles. The monoisotopic (exact) mass is 395 g/mol. The van der Waals surface area contributed by atoms with Gasteiger partial charge < -0.3 is 4.98 Å². The zero-order valence-electron chi connectivity index (χ0n) is 15.7. The Morgan fingerprint density at radius 3 is 2.38 bits per heavy atom. The van der Waals surface area contributed by atoms with Gasteiger partial charge in [-0.05, 0) is 42.2 Å². The van der Waals surface area contributed by atoms with Crippen molar-refractivity contribution < 1.29 is 0 Å². The maximum atomic E-state index is 13.0. The van der Waals surface area contributed by atoms with E-state index in [1.165, 1.54) is 0 Å². The summed E-state index contributed by atoms with van der Waals surface area (Å²) in [6.45, 7) is 0. The number of nitrogens with one attached hydrogen (secondary N) is 1. The van der Waals surface area contributed by atoms with E-state index in [1.54, 1.807) is 36.3 Å². The number of aromatic amines is 1. The minimum absolute atomic E-state index is 0.240. The molecule has 0 aliphatic rings. The zero-order chi connectivity index (χ0) is 20.2. The van der Waals surface area contributed by atoms with Gasteiger partial charge in [-0.1, -0.05) is 36.4 Å². The summed E-state index contributed by atoms with van der Waals surface area (Å²) in [5.74, 6) is 0. The van der Waals surface area contributed by atoms with Crippen LogP contribution in [0.15, 0.2) is 88.8 Å². The maximum absolute atomic E-state index is 13.0. The third-order valence-corrected chi connectivity index (χ3v) is 5.47. The smallest absolute Gasteiger partial charge is 0.256 e. The van der Waals surface area contributed by atoms with E-state index in [9.17, 15) is 10.1 Å². The molecule has 0 amide bonds. The lowest BCUT2D eigenvalue weighted by Gasteiger charge is -2.15. The number of rotatable bonds is 4. The number of hydrogen-bond acceptors (Lipinski definition) is 4. The fourth-order valence-corrected chi connectivity index (χ4v) is 3.78. The number of pyridine rings is 2. The molecule has 0 aliphatic carbocycles. The van der Waals surface area contributed by atoms with Crippen LogP contribution in [-0.2, 0) is 0 Å². The van der Waals surface area contributed by atoms with Crippen LogP contribution in [0.25, 0.3) is 33.5 Å². The highest BCUT2D eigenvalue weighted by molar-refractivity contribution is 7.98. The fourth-order valence-electron chi connectivity index (χ4n) is 3.37. The van der Waals surface area contributed by atoms with Crippen molar-refractivity contribution in [1.29, 1.82) is 5.26 Å². The lowest BCUT2D eigenvalue weighted by Crippen LogP contribution is -2.12. The highest BCUT2D eigenvalue weighted by Gasteiger charge is 2.20. The second kappa shape index (κ2) is 8.17. The molecule has 0 radical (unpaired) electrons. The quantitative estimate of drug-likeness (QED) is 0.472. The summed E-state index contributed by atoms with van der Waals surface area (Å²) in [5.41, 5.74) is 4.53. The van der Waals surface area contributed by atoms with Crippen molar-refractivity contribution in [3.05, 3.63) is 95.0 Å². The van der Waals surface area contributed by atoms with Crippen LogP contribution in [-0.4, -0.2) is 16.2 Å². The molecule has 0 aliphatic heterocycles. The van der Waals surface area contributed by atoms with E-state index >= 15 is 0 Å². The molecule has 2 aromatic heterocycles. The average Bonchev–Trinajstić information content (AvgIpc) is 2.79. The van der Waals surface area contributed by atoms with Crippen LogP contribution in [0.1, 0.15) is 5.56 Å². The van der Waals surface area contributed by atoms with Crippen molar-refractivity contribution in [3.63, 3.8) is 0 Å². The van der Waals surface area contributed by atoms with Gasteiger partial charge in [0.05, 0.1) is 22.9 Å². The standard InChI is InChI=1S/C24H17N3OS/c1-29-18-11-9-16(10-12-18)22-20(21-8-4-5-13-26-21)15-27-24(28)23(22)19-7-3-2-6-17(19)14-25/h2-13,15H,1H3,(H,27,28).